The van der Waals surface area contributed by atoms with Crippen LogP contribution in [0.4, 0.5) is 4.79 Å². The highest BCUT2D eigenvalue weighted by atomic mass is 16.8. The molecule has 1 atom stereocenters. The molecule has 0 aromatic heterocycles. The molecular weight excluding hydrogens is 274 g/mol. The SMILES string of the molecule is CC(C)(C)OC(=O)OCO/N=[N+](\[O-])N1CC[C@H]1C(=O)O. The van der Waals surface area contributed by atoms with Gasteiger partial charge < -0.3 is 24.6 Å². The molecule has 1 heterocycles. The lowest BCUT2D eigenvalue weighted by molar-refractivity contribution is -0.729. The van der Waals surface area contributed by atoms with Crippen LogP contribution in [-0.4, -0.2) is 52.2 Å². The van der Waals surface area contributed by atoms with Crippen LogP contribution in [0.25, 0.3) is 0 Å². The van der Waals surface area contributed by atoms with Crippen LogP contribution in [0.15, 0.2) is 5.28 Å². The van der Waals surface area contributed by atoms with E-state index >= 15 is 0 Å². The van der Waals surface area contributed by atoms with Gasteiger partial charge in [0.1, 0.15) is 5.60 Å². The first-order valence-corrected chi connectivity index (χ1v) is 5.86. The van der Waals surface area contributed by atoms with Gasteiger partial charge in [0.25, 0.3) is 6.79 Å². The van der Waals surface area contributed by atoms with Crippen molar-refractivity contribution in [3.05, 3.63) is 5.21 Å². The summed E-state index contributed by atoms with van der Waals surface area (Å²) in [5.74, 6) is -1.11. The largest absolute Gasteiger partial charge is 0.569 e. The van der Waals surface area contributed by atoms with E-state index in [0.29, 0.717) is 6.42 Å². The zero-order valence-electron chi connectivity index (χ0n) is 11.4. The maximum absolute atomic E-state index is 11.3. The van der Waals surface area contributed by atoms with Gasteiger partial charge in [-0.25, -0.2) is 9.59 Å². The zero-order chi connectivity index (χ0) is 15.3. The minimum absolute atomic E-state index is 0.0146. The van der Waals surface area contributed by atoms with Crippen LogP contribution in [0.1, 0.15) is 27.2 Å². The van der Waals surface area contributed by atoms with E-state index in [9.17, 15) is 14.8 Å². The minimum Gasteiger partial charge on any atom is -0.569 e. The third kappa shape index (κ3) is 4.78. The molecule has 0 aromatic rings. The zero-order valence-corrected chi connectivity index (χ0v) is 11.4. The van der Waals surface area contributed by atoms with E-state index in [4.69, 9.17) is 9.84 Å². The average Bonchev–Trinajstić information content (AvgIpc) is 2.19. The van der Waals surface area contributed by atoms with Gasteiger partial charge in [-0.15, -0.1) is 5.01 Å². The third-order valence-electron chi connectivity index (χ3n) is 2.24. The predicted molar refractivity (Wildman–Crippen MR) is 62.1 cm³/mol. The first-order chi connectivity index (χ1) is 9.20. The number of hydrazine groups is 1. The topological polar surface area (TPSA) is 124 Å². The second kappa shape index (κ2) is 6.26. The Morgan fingerprint density at radius 3 is 2.60 bits per heavy atom. The average molecular weight is 291 g/mol. The maximum Gasteiger partial charge on any atom is 0.511 e. The number of carboxylic acids is 1. The van der Waals surface area contributed by atoms with Crippen molar-refractivity contribution in [2.45, 2.75) is 38.8 Å². The van der Waals surface area contributed by atoms with E-state index in [-0.39, 0.29) is 11.5 Å². The van der Waals surface area contributed by atoms with Gasteiger partial charge in [0.2, 0.25) is 5.28 Å². The molecular formula is C10H17N3O7. The van der Waals surface area contributed by atoms with Crippen LogP contribution in [0, 0.1) is 5.21 Å². The summed E-state index contributed by atoms with van der Waals surface area (Å²) in [6.45, 7) is 4.64. The fraction of sp³-hybridized carbons (Fsp3) is 0.800. The lowest BCUT2D eigenvalue weighted by atomic mass is 10.1. The molecule has 0 aliphatic carbocycles. The summed E-state index contributed by atoms with van der Waals surface area (Å²) in [5.41, 5.74) is -0.703. The van der Waals surface area contributed by atoms with Crippen molar-refractivity contribution in [3.8, 4) is 0 Å². The van der Waals surface area contributed by atoms with Gasteiger partial charge in [-0.05, 0) is 20.8 Å². The molecule has 0 unspecified atom stereocenters. The van der Waals surface area contributed by atoms with Gasteiger partial charge in [0.15, 0.2) is 6.04 Å². The first-order valence-electron chi connectivity index (χ1n) is 5.86. The third-order valence-corrected chi connectivity index (χ3v) is 2.24. The quantitative estimate of drug-likeness (QED) is 0.197. The second-order valence-electron chi connectivity index (χ2n) is 5.00. The predicted octanol–water partition coefficient (Wildman–Crippen LogP) is 0.864. The van der Waals surface area contributed by atoms with Gasteiger partial charge in [-0.3, -0.25) is 0 Å². The summed E-state index contributed by atoms with van der Waals surface area (Å²) >= 11 is 0. The monoisotopic (exact) mass is 291 g/mol. The van der Waals surface area contributed by atoms with E-state index in [1.54, 1.807) is 20.8 Å². The van der Waals surface area contributed by atoms with E-state index in [0.717, 1.165) is 5.01 Å². The molecule has 1 fully saturated rings. The number of hydrogen-bond donors (Lipinski definition) is 1. The normalized spacial score (nSPS) is 19.1. The van der Waals surface area contributed by atoms with E-state index in [1.807, 2.05) is 0 Å². The van der Waals surface area contributed by atoms with Crippen molar-refractivity contribution in [2.24, 2.45) is 5.28 Å². The van der Waals surface area contributed by atoms with E-state index in [2.05, 4.69) is 14.9 Å². The Hall–Kier alpha value is -2.26. The molecule has 1 aliphatic heterocycles. The molecule has 0 saturated carbocycles. The summed E-state index contributed by atoms with van der Waals surface area (Å²) in [6.07, 6.45) is -0.602. The summed E-state index contributed by atoms with van der Waals surface area (Å²) in [5, 5.41) is 24.1. The molecule has 0 radical (unpaired) electrons. The Labute approximate surface area is 115 Å². The van der Waals surface area contributed by atoms with Gasteiger partial charge in [-0.2, -0.15) is 0 Å². The summed E-state index contributed by atoms with van der Waals surface area (Å²) in [7, 11) is 0. The molecule has 1 rings (SSSR count). The van der Waals surface area contributed by atoms with Crippen LogP contribution in [0.3, 0.4) is 0 Å². The molecule has 0 amide bonds. The molecule has 0 spiro atoms. The lowest BCUT2D eigenvalue weighted by Gasteiger charge is -2.31. The Morgan fingerprint density at radius 2 is 2.15 bits per heavy atom. The number of rotatable bonds is 5. The Bertz CT molecular complexity index is 404. The van der Waals surface area contributed by atoms with Crippen molar-refractivity contribution in [1.82, 2.24) is 5.01 Å². The van der Waals surface area contributed by atoms with Gasteiger partial charge in [0.05, 0.1) is 11.5 Å². The van der Waals surface area contributed by atoms with Crippen molar-refractivity contribution in [3.63, 3.8) is 0 Å². The molecule has 0 bridgehead atoms. The van der Waals surface area contributed by atoms with Gasteiger partial charge >= 0.3 is 12.1 Å². The highest BCUT2D eigenvalue weighted by Crippen LogP contribution is 2.17. The number of carbonyl (C=O) groups is 2. The number of nitrogens with zero attached hydrogens (tertiary/aromatic N) is 3. The second-order valence-corrected chi connectivity index (χ2v) is 5.00. The standard InChI is InChI=1S/C10H17N3O7/c1-10(2,3)20-9(16)18-6-19-11-13(17)12-5-4-7(12)8(14)15/h7H,4-6H2,1-3H3,(H,14,15)/b13-11-/t7-/m0/s1. The number of hydrogen-bond acceptors (Lipinski definition) is 7. The van der Waals surface area contributed by atoms with Crippen LogP contribution in [0.5, 0.6) is 0 Å². The van der Waals surface area contributed by atoms with E-state index in [1.165, 1.54) is 0 Å². The van der Waals surface area contributed by atoms with Gasteiger partial charge in [-0.1, -0.05) is 0 Å². The van der Waals surface area contributed by atoms with E-state index < -0.39 is 30.6 Å². The number of carboxylic acid groups (broad SMARTS) is 1. The van der Waals surface area contributed by atoms with Gasteiger partial charge in [0, 0.05) is 6.42 Å². The molecule has 114 valence electrons. The highest BCUT2D eigenvalue weighted by molar-refractivity contribution is 5.74. The minimum atomic E-state index is -1.11. The van der Waals surface area contributed by atoms with Crippen molar-refractivity contribution >= 4 is 12.1 Å². The van der Waals surface area contributed by atoms with Crippen LogP contribution >= 0.6 is 0 Å². The molecule has 1 N–H and O–H groups in total. The Kier molecular flexibility index (Phi) is 4.94. The number of ether oxygens (including phenoxy) is 2. The highest BCUT2D eigenvalue weighted by Gasteiger charge is 2.41. The van der Waals surface area contributed by atoms with Crippen LogP contribution in [-0.2, 0) is 19.1 Å². The maximum atomic E-state index is 11.3. The van der Waals surface area contributed by atoms with Crippen LogP contribution in [0.2, 0.25) is 0 Å². The Morgan fingerprint density at radius 1 is 1.50 bits per heavy atom. The molecule has 10 heteroatoms. The lowest BCUT2D eigenvalue weighted by Crippen LogP contribution is -2.55. The smallest absolute Gasteiger partial charge is 0.511 e. The number of aliphatic carboxylic acids is 1. The summed E-state index contributed by atoms with van der Waals surface area (Å²) in [4.78, 5) is 26.2. The summed E-state index contributed by atoms with van der Waals surface area (Å²) < 4.78 is 9.31. The molecule has 10 nitrogen and oxygen atoms in total. The van der Waals surface area contributed by atoms with Crippen molar-refractivity contribution in [2.75, 3.05) is 13.3 Å². The Balaban J connectivity index is 2.28. The molecule has 0 aromatic carbocycles. The first kappa shape index (κ1) is 15.8. The van der Waals surface area contributed by atoms with Crippen molar-refractivity contribution in [1.29, 1.82) is 0 Å². The molecule has 1 saturated heterocycles. The fourth-order valence-corrected chi connectivity index (χ4v) is 1.30. The van der Waals surface area contributed by atoms with Crippen LogP contribution < -0.4 is 0 Å². The number of carbonyl (C=O) groups excluding carboxylic acids is 1. The molecule has 1 aliphatic rings. The summed E-state index contributed by atoms with van der Waals surface area (Å²) in [6, 6.07) is -0.911. The fourth-order valence-electron chi connectivity index (χ4n) is 1.30. The molecule has 20 heavy (non-hydrogen) atoms. The van der Waals surface area contributed by atoms with Crippen molar-refractivity contribution < 1.29 is 34.0 Å².